The van der Waals surface area contributed by atoms with Gasteiger partial charge in [0.15, 0.2) is 16.7 Å². The third kappa shape index (κ3) is 4.08. The number of aliphatic imine (C=N–C) groups is 1. The fourth-order valence-corrected chi connectivity index (χ4v) is 3.60. The summed E-state index contributed by atoms with van der Waals surface area (Å²) in [5.74, 6) is 0.152. The van der Waals surface area contributed by atoms with Crippen LogP contribution in [-0.2, 0) is 11.3 Å². The van der Waals surface area contributed by atoms with E-state index < -0.39 is 0 Å². The maximum Gasteiger partial charge on any atom is 0.264 e. The van der Waals surface area contributed by atoms with Crippen LogP contribution in [0.4, 0.5) is 0 Å². The zero-order valence-corrected chi connectivity index (χ0v) is 15.7. The summed E-state index contributed by atoms with van der Waals surface area (Å²) in [6.07, 6.45) is 1.64. The van der Waals surface area contributed by atoms with Crippen LogP contribution < -0.4 is 10.1 Å². The standard InChI is InChI=1S/C20H20N2O3S/c1-12-7-13(2)9-14(8-12)11-21-20-22-19(24)17(26-20)10-15-5-4-6-16(25-3)18(15)23/h4-10,23H,11H2,1-3H3,(H,21,22,24)/b17-10-. The van der Waals surface area contributed by atoms with E-state index in [0.717, 1.165) is 5.56 Å². The lowest BCUT2D eigenvalue weighted by atomic mass is 10.1. The third-order valence-corrected chi connectivity index (χ3v) is 4.82. The number of hydrogen-bond donors (Lipinski definition) is 2. The molecule has 0 aromatic heterocycles. The number of carbonyl (C=O) groups excluding carboxylic acids is 1. The Morgan fingerprint density at radius 2 is 1.96 bits per heavy atom. The third-order valence-electron chi connectivity index (χ3n) is 3.87. The molecule has 0 saturated carbocycles. The summed E-state index contributed by atoms with van der Waals surface area (Å²) in [4.78, 5) is 17.2. The lowest BCUT2D eigenvalue weighted by Gasteiger charge is -2.05. The molecule has 0 radical (unpaired) electrons. The Hall–Kier alpha value is -2.73. The van der Waals surface area contributed by atoms with E-state index in [2.05, 4.69) is 42.4 Å². The average Bonchev–Trinajstić information content (AvgIpc) is 2.94. The Morgan fingerprint density at radius 1 is 1.23 bits per heavy atom. The van der Waals surface area contributed by atoms with E-state index in [9.17, 15) is 9.90 Å². The van der Waals surface area contributed by atoms with Crippen LogP contribution in [0.3, 0.4) is 0 Å². The summed E-state index contributed by atoms with van der Waals surface area (Å²) in [6.45, 7) is 4.61. The lowest BCUT2D eigenvalue weighted by molar-refractivity contribution is -0.115. The number of hydrogen-bond acceptors (Lipinski definition) is 5. The molecule has 26 heavy (non-hydrogen) atoms. The zero-order valence-electron chi connectivity index (χ0n) is 14.9. The van der Waals surface area contributed by atoms with E-state index in [1.54, 1.807) is 24.3 Å². The van der Waals surface area contributed by atoms with Gasteiger partial charge in [-0.25, -0.2) is 0 Å². The summed E-state index contributed by atoms with van der Waals surface area (Å²) in [5, 5.41) is 13.5. The first kappa shape index (κ1) is 18.1. The van der Waals surface area contributed by atoms with Gasteiger partial charge < -0.3 is 15.2 Å². The molecule has 1 aliphatic rings. The minimum Gasteiger partial charge on any atom is -0.504 e. The molecule has 6 heteroatoms. The Balaban J connectivity index is 1.78. The van der Waals surface area contributed by atoms with Crippen molar-refractivity contribution in [2.75, 3.05) is 7.11 Å². The maximum absolute atomic E-state index is 12.2. The smallest absolute Gasteiger partial charge is 0.264 e. The molecular formula is C20H20N2O3S. The molecule has 1 aliphatic heterocycles. The molecule has 2 aromatic carbocycles. The highest BCUT2D eigenvalue weighted by Gasteiger charge is 2.24. The van der Waals surface area contributed by atoms with Gasteiger partial charge in [-0.1, -0.05) is 41.5 Å². The monoisotopic (exact) mass is 368 g/mol. The number of methoxy groups -OCH3 is 1. The highest BCUT2D eigenvalue weighted by Crippen LogP contribution is 2.34. The number of ether oxygens (including phenoxy) is 1. The molecule has 2 aromatic rings. The van der Waals surface area contributed by atoms with Crippen molar-refractivity contribution in [1.29, 1.82) is 0 Å². The number of aromatic hydroxyl groups is 1. The van der Waals surface area contributed by atoms with Gasteiger partial charge in [-0.05, 0) is 43.3 Å². The van der Waals surface area contributed by atoms with Crippen LogP contribution in [0.5, 0.6) is 11.5 Å². The van der Waals surface area contributed by atoms with E-state index in [4.69, 9.17) is 4.74 Å². The number of phenols is 1. The van der Waals surface area contributed by atoms with Crippen molar-refractivity contribution in [2.24, 2.45) is 4.99 Å². The number of aryl methyl sites for hydroxylation is 2. The summed E-state index contributed by atoms with van der Waals surface area (Å²) in [7, 11) is 1.49. The molecule has 1 fully saturated rings. The number of nitrogens with zero attached hydrogens (tertiary/aromatic N) is 1. The van der Waals surface area contributed by atoms with Gasteiger partial charge in [0.2, 0.25) is 0 Å². The second kappa shape index (κ2) is 7.66. The molecule has 134 valence electrons. The second-order valence-electron chi connectivity index (χ2n) is 6.08. The summed E-state index contributed by atoms with van der Waals surface area (Å²) in [5.41, 5.74) is 4.01. The fraction of sp³-hybridized carbons (Fsp3) is 0.200. The number of thioether (sulfide) groups is 1. The van der Waals surface area contributed by atoms with Crippen molar-refractivity contribution >= 4 is 28.9 Å². The van der Waals surface area contributed by atoms with Gasteiger partial charge in [0.05, 0.1) is 18.6 Å². The Bertz CT molecular complexity index is 899. The first-order chi connectivity index (χ1) is 12.5. The van der Waals surface area contributed by atoms with Crippen LogP contribution in [0.15, 0.2) is 46.3 Å². The van der Waals surface area contributed by atoms with Crippen molar-refractivity contribution in [3.63, 3.8) is 0 Å². The van der Waals surface area contributed by atoms with E-state index >= 15 is 0 Å². The molecule has 1 saturated heterocycles. The van der Waals surface area contributed by atoms with Gasteiger partial charge in [-0.3, -0.25) is 9.79 Å². The average molecular weight is 368 g/mol. The van der Waals surface area contributed by atoms with E-state index in [-0.39, 0.29) is 11.7 Å². The predicted molar refractivity (Wildman–Crippen MR) is 105 cm³/mol. The highest BCUT2D eigenvalue weighted by molar-refractivity contribution is 8.18. The number of phenolic OH excluding ortho intramolecular Hbond substituents is 1. The van der Waals surface area contributed by atoms with Crippen LogP contribution in [-0.4, -0.2) is 23.3 Å². The number of para-hydroxylation sites is 1. The fourth-order valence-electron chi connectivity index (χ4n) is 2.79. The highest BCUT2D eigenvalue weighted by atomic mass is 32.2. The van der Waals surface area contributed by atoms with Crippen molar-refractivity contribution in [3.05, 3.63) is 63.6 Å². The number of carbonyl (C=O) groups is 1. The van der Waals surface area contributed by atoms with E-state index in [0.29, 0.717) is 27.9 Å². The van der Waals surface area contributed by atoms with Crippen LogP contribution in [0.1, 0.15) is 22.3 Å². The summed E-state index contributed by atoms with van der Waals surface area (Å²) < 4.78 is 5.09. The van der Waals surface area contributed by atoms with Gasteiger partial charge in [0.1, 0.15) is 0 Å². The first-order valence-electron chi connectivity index (χ1n) is 8.15. The Morgan fingerprint density at radius 3 is 2.65 bits per heavy atom. The first-order valence-corrected chi connectivity index (χ1v) is 8.96. The van der Waals surface area contributed by atoms with Crippen LogP contribution in [0, 0.1) is 13.8 Å². The summed E-state index contributed by atoms with van der Waals surface area (Å²) >= 11 is 1.26. The van der Waals surface area contributed by atoms with Crippen LogP contribution in [0.2, 0.25) is 0 Å². The molecule has 5 nitrogen and oxygen atoms in total. The normalized spacial score (nSPS) is 17.0. The van der Waals surface area contributed by atoms with Crippen molar-refractivity contribution < 1.29 is 14.6 Å². The molecule has 0 bridgehead atoms. The molecule has 1 amide bonds. The van der Waals surface area contributed by atoms with Gasteiger partial charge in [-0.15, -0.1) is 0 Å². The molecule has 0 atom stereocenters. The van der Waals surface area contributed by atoms with E-state index in [1.807, 2.05) is 0 Å². The van der Waals surface area contributed by atoms with Gasteiger partial charge in [0, 0.05) is 5.56 Å². The lowest BCUT2D eigenvalue weighted by Crippen LogP contribution is -2.19. The Kier molecular flexibility index (Phi) is 5.32. The van der Waals surface area contributed by atoms with Crippen molar-refractivity contribution in [2.45, 2.75) is 20.4 Å². The molecular weight excluding hydrogens is 348 g/mol. The summed E-state index contributed by atoms with van der Waals surface area (Å²) in [6, 6.07) is 11.4. The SMILES string of the molecule is COc1cccc(/C=C2\SC(=NCc3cc(C)cc(C)c3)NC2=O)c1O. The number of amidine groups is 1. The minimum atomic E-state index is -0.226. The maximum atomic E-state index is 12.2. The van der Waals surface area contributed by atoms with Crippen LogP contribution in [0.25, 0.3) is 6.08 Å². The molecule has 2 N–H and O–H groups in total. The number of rotatable bonds is 4. The van der Waals surface area contributed by atoms with Crippen molar-refractivity contribution in [1.82, 2.24) is 5.32 Å². The second-order valence-corrected chi connectivity index (χ2v) is 7.11. The molecule has 0 spiro atoms. The van der Waals surface area contributed by atoms with Crippen LogP contribution >= 0.6 is 11.8 Å². The van der Waals surface area contributed by atoms with Crippen molar-refractivity contribution in [3.8, 4) is 11.5 Å². The Labute approximate surface area is 156 Å². The predicted octanol–water partition coefficient (Wildman–Crippen LogP) is 3.78. The number of benzene rings is 2. The largest absolute Gasteiger partial charge is 0.504 e. The molecule has 1 heterocycles. The van der Waals surface area contributed by atoms with Gasteiger partial charge >= 0.3 is 0 Å². The molecule has 0 aliphatic carbocycles. The quantitative estimate of drug-likeness (QED) is 0.806. The number of amides is 1. The number of nitrogens with one attached hydrogen (secondary N) is 1. The molecule has 0 unspecified atom stereocenters. The van der Waals surface area contributed by atoms with Gasteiger partial charge in [-0.2, -0.15) is 0 Å². The zero-order chi connectivity index (χ0) is 18.7. The van der Waals surface area contributed by atoms with Gasteiger partial charge in [0.25, 0.3) is 5.91 Å². The minimum absolute atomic E-state index is 0.0107. The van der Waals surface area contributed by atoms with E-state index in [1.165, 1.54) is 30.0 Å². The molecule has 3 rings (SSSR count). The topological polar surface area (TPSA) is 70.9 Å².